The Hall–Kier alpha value is -3.12. The molecule has 1 saturated heterocycles. The van der Waals surface area contributed by atoms with Crippen LogP contribution in [0.1, 0.15) is 44.1 Å². The lowest BCUT2D eigenvalue weighted by Crippen LogP contribution is -2.48. The summed E-state index contributed by atoms with van der Waals surface area (Å²) in [5.74, 6) is 0. The highest BCUT2D eigenvalue weighted by molar-refractivity contribution is 7.92. The van der Waals surface area contributed by atoms with Crippen LogP contribution in [0.4, 0.5) is 4.79 Å². The fraction of sp³-hybridized carbons (Fsp3) is 0.483. The lowest BCUT2D eigenvalue weighted by Gasteiger charge is -2.29. The number of aromatic nitrogens is 2. The highest BCUT2D eigenvalue weighted by Gasteiger charge is 2.37. The van der Waals surface area contributed by atoms with Gasteiger partial charge in [0.15, 0.2) is 5.44 Å². The highest BCUT2D eigenvalue weighted by Crippen LogP contribution is 2.30. The number of sulfone groups is 1. The molecule has 40 heavy (non-hydrogen) atoms. The Labute approximate surface area is 234 Å². The predicted molar refractivity (Wildman–Crippen MR) is 147 cm³/mol. The molecule has 0 spiro atoms. The maximum absolute atomic E-state index is 13.9. The summed E-state index contributed by atoms with van der Waals surface area (Å²) in [5, 5.41) is 14.2. The van der Waals surface area contributed by atoms with E-state index in [0.29, 0.717) is 30.7 Å². The number of carbonyl (C=O) groups is 1. The molecule has 10 nitrogen and oxygen atoms in total. The van der Waals surface area contributed by atoms with Gasteiger partial charge in [-0.1, -0.05) is 43.2 Å². The molecule has 0 radical (unpaired) electrons. The number of hydrogen-bond acceptors (Lipinski definition) is 9. The molecule has 1 unspecified atom stereocenters. The van der Waals surface area contributed by atoms with Crippen molar-refractivity contribution in [2.45, 2.75) is 79.6 Å². The molecule has 1 aliphatic carbocycles. The Balaban J connectivity index is 1.38. The van der Waals surface area contributed by atoms with E-state index in [2.05, 4.69) is 15.3 Å². The molecule has 1 aliphatic heterocycles. The van der Waals surface area contributed by atoms with Gasteiger partial charge in [-0.25, -0.2) is 13.2 Å². The zero-order valence-electron chi connectivity index (χ0n) is 22.2. The van der Waals surface area contributed by atoms with Crippen molar-refractivity contribution < 1.29 is 32.5 Å². The molecule has 2 N–H and O–H groups in total. The molecule has 2 fully saturated rings. The first-order chi connectivity index (χ1) is 19.4. The number of hydrogen-bond donors (Lipinski definition) is 2. The smallest absolute Gasteiger partial charge is 0.407 e. The minimum atomic E-state index is -4.04. The third-order valence-corrected chi connectivity index (χ3v) is 9.33. The fourth-order valence-corrected chi connectivity index (χ4v) is 6.81. The van der Waals surface area contributed by atoms with Crippen molar-refractivity contribution in [3.8, 4) is 0 Å². The number of fused-ring (bicyclic) bond motifs is 1. The first kappa shape index (κ1) is 28.4. The number of aliphatic hydroxyl groups is 1. The normalized spacial score (nSPS) is 20.3. The Morgan fingerprint density at radius 3 is 2.50 bits per heavy atom. The van der Waals surface area contributed by atoms with Crippen LogP contribution in [-0.2, 0) is 30.5 Å². The number of nitrogens with zero attached hydrogens (tertiary/aromatic N) is 2. The lowest BCUT2D eigenvalue weighted by atomic mass is 9.99. The molecular weight excluding hydrogens is 534 g/mol. The summed E-state index contributed by atoms with van der Waals surface area (Å²) < 4.78 is 44.8. The zero-order valence-corrected chi connectivity index (χ0v) is 23.0. The SMILES string of the molecule is O=C(N[C@@H](Cc1ccccc1)[C@H](O)CC(OC1CCCC1)S(=O)(=O)c1ccc2nccnc2c1)O[C@H]1CCOC1. The molecule has 1 aromatic heterocycles. The predicted octanol–water partition coefficient (Wildman–Crippen LogP) is 3.57. The van der Waals surface area contributed by atoms with Gasteiger partial charge in [0, 0.05) is 25.2 Å². The van der Waals surface area contributed by atoms with Gasteiger partial charge in [0.25, 0.3) is 0 Å². The largest absolute Gasteiger partial charge is 0.444 e. The third kappa shape index (κ3) is 7.14. The summed E-state index contributed by atoms with van der Waals surface area (Å²) in [6.07, 6.45) is 4.63. The van der Waals surface area contributed by atoms with Crippen LogP contribution in [0.5, 0.6) is 0 Å². The summed E-state index contributed by atoms with van der Waals surface area (Å²) in [6.45, 7) is 0.845. The van der Waals surface area contributed by atoms with E-state index in [9.17, 15) is 18.3 Å². The number of alkyl carbamates (subject to hydrolysis) is 1. The molecule has 1 saturated carbocycles. The Morgan fingerprint density at radius 2 is 1.77 bits per heavy atom. The van der Waals surface area contributed by atoms with Crippen LogP contribution >= 0.6 is 0 Å². The lowest BCUT2D eigenvalue weighted by molar-refractivity contribution is -0.000905. The van der Waals surface area contributed by atoms with E-state index < -0.39 is 33.5 Å². The number of benzene rings is 2. The van der Waals surface area contributed by atoms with Gasteiger partial charge in [0.05, 0.1) is 47.4 Å². The molecule has 11 heteroatoms. The van der Waals surface area contributed by atoms with E-state index in [1.54, 1.807) is 12.3 Å². The highest BCUT2D eigenvalue weighted by atomic mass is 32.2. The van der Waals surface area contributed by atoms with Crippen molar-refractivity contribution in [2.24, 2.45) is 0 Å². The number of nitrogens with one attached hydrogen (secondary N) is 1. The van der Waals surface area contributed by atoms with Crippen molar-refractivity contribution in [3.05, 3.63) is 66.5 Å². The van der Waals surface area contributed by atoms with Crippen LogP contribution < -0.4 is 5.32 Å². The summed E-state index contributed by atoms with van der Waals surface area (Å²) in [5.41, 5.74) is 0.582. The van der Waals surface area contributed by atoms with E-state index in [1.807, 2.05) is 30.3 Å². The second-order valence-corrected chi connectivity index (χ2v) is 12.4. The molecule has 2 heterocycles. The third-order valence-electron chi connectivity index (χ3n) is 7.42. The second kappa shape index (κ2) is 13.0. The number of amides is 1. The molecule has 3 aromatic rings. The number of ether oxygens (including phenoxy) is 3. The summed E-state index contributed by atoms with van der Waals surface area (Å²) in [7, 11) is -4.04. The van der Waals surface area contributed by atoms with Gasteiger partial charge in [0.2, 0.25) is 9.84 Å². The number of rotatable bonds is 11. The van der Waals surface area contributed by atoms with Gasteiger partial charge in [-0.2, -0.15) is 0 Å². The Morgan fingerprint density at radius 1 is 1.02 bits per heavy atom. The van der Waals surface area contributed by atoms with E-state index in [4.69, 9.17) is 14.2 Å². The van der Waals surface area contributed by atoms with Crippen molar-refractivity contribution >= 4 is 27.0 Å². The molecule has 5 rings (SSSR count). The molecule has 2 aliphatic rings. The average Bonchev–Trinajstić information content (AvgIpc) is 3.67. The van der Waals surface area contributed by atoms with Crippen LogP contribution in [0.25, 0.3) is 11.0 Å². The topological polar surface area (TPSA) is 137 Å². The quantitative estimate of drug-likeness (QED) is 0.355. The van der Waals surface area contributed by atoms with Gasteiger partial charge in [-0.15, -0.1) is 0 Å². The first-order valence-corrected chi connectivity index (χ1v) is 15.3. The van der Waals surface area contributed by atoms with Crippen LogP contribution in [0.3, 0.4) is 0 Å². The summed E-state index contributed by atoms with van der Waals surface area (Å²) in [6, 6.07) is 13.2. The maximum Gasteiger partial charge on any atom is 0.407 e. The fourth-order valence-electron chi connectivity index (χ4n) is 5.22. The maximum atomic E-state index is 13.9. The molecule has 2 aromatic carbocycles. The Bertz CT molecular complexity index is 1380. The molecular formula is C29H35N3O7S. The van der Waals surface area contributed by atoms with Gasteiger partial charge < -0.3 is 24.6 Å². The van der Waals surface area contributed by atoms with Crippen LogP contribution in [0, 0.1) is 0 Å². The Kier molecular flexibility index (Phi) is 9.25. The van der Waals surface area contributed by atoms with Gasteiger partial charge in [0.1, 0.15) is 6.10 Å². The molecule has 4 atom stereocenters. The van der Waals surface area contributed by atoms with Crippen molar-refractivity contribution in [2.75, 3.05) is 13.2 Å². The van der Waals surface area contributed by atoms with E-state index >= 15 is 0 Å². The van der Waals surface area contributed by atoms with Gasteiger partial charge in [-0.05, 0) is 43.0 Å². The second-order valence-electron chi connectivity index (χ2n) is 10.4. The molecule has 1 amide bonds. The van der Waals surface area contributed by atoms with Crippen molar-refractivity contribution in [3.63, 3.8) is 0 Å². The number of aliphatic hydroxyl groups excluding tert-OH is 1. The van der Waals surface area contributed by atoms with Crippen LogP contribution in [0.2, 0.25) is 0 Å². The van der Waals surface area contributed by atoms with E-state index in [1.165, 1.54) is 18.3 Å². The average molecular weight is 570 g/mol. The van der Waals surface area contributed by atoms with E-state index in [-0.39, 0.29) is 29.9 Å². The van der Waals surface area contributed by atoms with Gasteiger partial charge >= 0.3 is 6.09 Å². The minimum absolute atomic E-state index is 0.0453. The molecule has 214 valence electrons. The standard InChI is InChI=1S/C29H35N3O7S/c33-27(26(16-20-6-2-1-3-7-20)32-29(34)39-22-12-15-37-19-22)18-28(38-21-8-4-5-9-21)40(35,36)23-10-11-24-25(17-23)31-14-13-30-24/h1-3,6-7,10-11,13-14,17,21-22,26-28,33H,4-5,8-9,12,15-16,18-19H2,(H,32,34)/t22-,26-,27+,28?/m0/s1. The van der Waals surface area contributed by atoms with Crippen molar-refractivity contribution in [1.82, 2.24) is 15.3 Å². The first-order valence-electron chi connectivity index (χ1n) is 13.8. The minimum Gasteiger partial charge on any atom is -0.444 e. The van der Waals surface area contributed by atoms with Crippen LogP contribution in [0.15, 0.2) is 65.8 Å². The monoisotopic (exact) mass is 569 g/mol. The summed E-state index contributed by atoms with van der Waals surface area (Å²) in [4.78, 5) is 21.3. The summed E-state index contributed by atoms with van der Waals surface area (Å²) >= 11 is 0. The van der Waals surface area contributed by atoms with Crippen molar-refractivity contribution in [1.29, 1.82) is 0 Å². The van der Waals surface area contributed by atoms with Crippen LogP contribution in [-0.4, -0.2) is 72.6 Å². The number of carbonyl (C=O) groups excluding carboxylic acids is 1. The van der Waals surface area contributed by atoms with E-state index in [0.717, 1.165) is 31.2 Å². The zero-order chi connectivity index (χ0) is 28.0. The molecule has 0 bridgehead atoms. The van der Waals surface area contributed by atoms with Gasteiger partial charge in [-0.3, -0.25) is 9.97 Å².